The molecule has 0 rings (SSSR count). The van der Waals surface area contributed by atoms with Crippen molar-refractivity contribution in [2.24, 2.45) is 0 Å². The minimum absolute atomic E-state index is 0.0216. The average molecular weight is 440 g/mol. The highest BCUT2D eigenvalue weighted by Crippen LogP contribution is 2.42. The van der Waals surface area contributed by atoms with Gasteiger partial charge in [0.15, 0.2) is 0 Å². The zero-order valence-corrected chi connectivity index (χ0v) is 20.7. The number of rotatable bonds is 14. The van der Waals surface area contributed by atoms with Crippen LogP contribution < -0.4 is 5.32 Å². The lowest BCUT2D eigenvalue weighted by molar-refractivity contribution is 0.194. The summed E-state index contributed by atoms with van der Waals surface area (Å²) in [7, 11) is -3.81. The first-order chi connectivity index (χ1) is 14.1. The van der Waals surface area contributed by atoms with E-state index in [0.717, 1.165) is 44.1 Å². The molecule has 0 aromatic heterocycles. The molecule has 0 aliphatic carbocycles. The summed E-state index contributed by atoms with van der Waals surface area (Å²) in [6.45, 7) is 12.7. The Bertz CT molecular complexity index is 685. The van der Waals surface area contributed by atoms with Crippen LogP contribution in [0.25, 0.3) is 0 Å². The maximum absolute atomic E-state index is 11.6. The van der Waals surface area contributed by atoms with E-state index in [9.17, 15) is 14.3 Å². The first-order valence-corrected chi connectivity index (χ1v) is 12.7. The lowest BCUT2D eigenvalue weighted by atomic mass is 10.0. The van der Waals surface area contributed by atoms with E-state index in [1.165, 1.54) is 16.7 Å². The van der Waals surface area contributed by atoms with Crippen LogP contribution in [-0.2, 0) is 9.09 Å². The molecule has 5 nitrogen and oxygen atoms in total. The van der Waals surface area contributed by atoms with Crippen LogP contribution in [0.4, 0.5) is 4.79 Å². The topological polar surface area (TPSA) is 75.6 Å². The van der Waals surface area contributed by atoms with Gasteiger partial charge in [-0.3, -0.25) is 0 Å². The molecule has 0 heterocycles. The minimum Gasteiger partial charge on any atom is -0.375 e. The fourth-order valence-electron chi connectivity index (χ4n) is 2.79. The highest BCUT2D eigenvalue weighted by Gasteiger charge is 2.22. The van der Waals surface area contributed by atoms with Gasteiger partial charge >= 0.3 is 13.7 Å². The summed E-state index contributed by atoms with van der Waals surface area (Å²) in [5.41, 5.74) is 5.39. The first kappa shape index (κ1) is 28.4. The zero-order valence-electron chi connectivity index (χ0n) is 19.8. The summed E-state index contributed by atoms with van der Waals surface area (Å²) in [4.78, 5) is 21.0. The monoisotopic (exact) mass is 439 g/mol. The molecule has 2 N–H and O–H groups in total. The molecule has 0 aliphatic rings. The van der Waals surface area contributed by atoms with E-state index in [2.05, 4.69) is 55.8 Å². The van der Waals surface area contributed by atoms with Crippen LogP contribution in [0, 0.1) is 0 Å². The number of hydrogen-bond donors (Lipinski definition) is 2. The molecule has 1 atom stereocenters. The molecule has 1 amide bonds. The van der Waals surface area contributed by atoms with Gasteiger partial charge in [0.05, 0.1) is 6.16 Å². The van der Waals surface area contributed by atoms with Gasteiger partial charge in [-0.2, -0.15) is 0 Å². The Morgan fingerprint density at radius 2 is 1.33 bits per heavy atom. The Labute approximate surface area is 183 Å². The van der Waals surface area contributed by atoms with Gasteiger partial charge in [0.1, 0.15) is 0 Å². The highest BCUT2D eigenvalue weighted by molar-refractivity contribution is 7.53. The van der Waals surface area contributed by atoms with Gasteiger partial charge in [-0.1, -0.05) is 53.5 Å². The molecule has 1 unspecified atom stereocenters. The third-order valence-electron chi connectivity index (χ3n) is 4.58. The molecule has 0 radical (unpaired) electrons. The molecular weight excluding hydrogens is 397 g/mol. The fourth-order valence-corrected chi connectivity index (χ4v) is 3.77. The van der Waals surface area contributed by atoms with Crippen LogP contribution in [0.15, 0.2) is 46.6 Å². The van der Waals surface area contributed by atoms with E-state index in [1.54, 1.807) is 6.92 Å². The Kier molecular flexibility index (Phi) is 15.3. The van der Waals surface area contributed by atoms with Crippen molar-refractivity contribution in [1.82, 2.24) is 5.32 Å². The maximum atomic E-state index is 11.6. The van der Waals surface area contributed by atoms with Gasteiger partial charge in [-0.05, 0) is 79.6 Å². The van der Waals surface area contributed by atoms with Crippen molar-refractivity contribution < 1.29 is 18.8 Å². The number of amides is 1. The molecule has 0 aromatic rings. The number of nitrogens with one attached hydrogen (secondary N) is 1. The summed E-state index contributed by atoms with van der Waals surface area (Å²) in [5, 5.41) is 2.49. The predicted molar refractivity (Wildman–Crippen MR) is 128 cm³/mol. The number of carbonyl (C=O) groups is 1. The standard InChI is InChI=1S/C24H42NO4P/c1-7-19-30(27,28)29-24(26)25-18-17-23(6)16-10-15-22(5)14-9-13-21(4)12-8-11-20(2)3/h11,13,15,17H,7-10,12,14,16,18-19H2,1-6H3,(H,25,26)(H,27,28)/b21-13+,22-15+,23-17+. The van der Waals surface area contributed by atoms with Crippen LogP contribution in [0.1, 0.15) is 86.5 Å². The first-order valence-electron chi connectivity index (χ1n) is 10.9. The van der Waals surface area contributed by atoms with Crippen LogP contribution in [0.3, 0.4) is 0 Å². The van der Waals surface area contributed by atoms with E-state index < -0.39 is 13.7 Å². The summed E-state index contributed by atoms with van der Waals surface area (Å²) in [5.74, 6) is 0. The summed E-state index contributed by atoms with van der Waals surface area (Å²) < 4.78 is 16.1. The van der Waals surface area contributed by atoms with Crippen molar-refractivity contribution in [2.45, 2.75) is 86.5 Å². The molecular formula is C24H42NO4P. The van der Waals surface area contributed by atoms with Gasteiger partial charge in [-0.25, -0.2) is 9.36 Å². The summed E-state index contributed by atoms with van der Waals surface area (Å²) >= 11 is 0. The molecule has 30 heavy (non-hydrogen) atoms. The quantitative estimate of drug-likeness (QED) is 0.218. The zero-order chi connectivity index (χ0) is 23.0. The van der Waals surface area contributed by atoms with Gasteiger partial charge in [-0.15, -0.1) is 0 Å². The van der Waals surface area contributed by atoms with E-state index in [0.29, 0.717) is 6.42 Å². The third-order valence-corrected chi connectivity index (χ3v) is 6.05. The molecule has 0 aliphatic heterocycles. The highest BCUT2D eigenvalue weighted by atomic mass is 31.2. The molecule has 0 fully saturated rings. The molecule has 0 saturated heterocycles. The maximum Gasteiger partial charge on any atom is 0.413 e. The van der Waals surface area contributed by atoms with Crippen molar-refractivity contribution in [2.75, 3.05) is 12.7 Å². The number of carbonyl (C=O) groups excluding carboxylic acids is 1. The number of hydrogen-bond acceptors (Lipinski definition) is 3. The minimum atomic E-state index is -3.81. The third kappa shape index (κ3) is 17.3. The Hall–Kier alpha value is -1.58. The summed E-state index contributed by atoms with van der Waals surface area (Å²) in [6, 6.07) is 0. The second-order valence-corrected chi connectivity index (χ2v) is 10.1. The predicted octanol–water partition coefficient (Wildman–Crippen LogP) is 7.45. The Balaban J connectivity index is 4.13. The van der Waals surface area contributed by atoms with Crippen molar-refractivity contribution in [1.29, 1.82) is 0 Å². The van der Waals surface area contributed by atoms with E-state index in [-0.39, 0.29) is 12.7 Å². The van der Waals surface area contributed by atoms with Crippen molar-refractivity contribution in [3.05, 3.63) is 46.6 Å². The van der Waals surface area contributed by atoms with Crippen molar-refractivity contribution in [3.63, 3.8) is 0 Å². The van der Waals surface area contributed by atoms with E-state index in [1.807, 2.05) is 13.0 Å². The normalized spacial score (nSPS) is 14.8. The van der Waals surface area contributed by atoms with Crippen LogP contribution >= 0.6 is 7.60 Å². The Morgan fingerprint density at radius 1 is 0.867 bits per heavy atom. The average Bonchev–Trinajstić information content (AvgIpc) is 2.60. The van der Waals surface area contributed by atoms with Gasteiger partial charge < -0.3 is 14.7 Å². The molecule has 0 spiro atoms. The van der Waals surface area contributed by atoms with E-state index >= 15 is 0 Å². The molecule has 0 aromatic carbocycles. The van der Waals surface area contributed by atoms with Gasteiger partial charge in [0, 0.05) is 6.54 Å². The lowest BCUT2D eigenvalue weighted by Gasteiger charge is -2.11. The van der Waals surface area contributed by atoms with Crippen molar-refractivity contribution >= 4 is 13.7 Å². The lowest BCUT2D eigenvalue weighted by Crippen LogP contribution is -2.23. The van der Waals surface area contributed by atoms with Gasteiger partial charge in [0.2, 0.25) is 0 Å². The smallest absolute Gasteiger partial charge is 0.375 e. The van der Waals surface area contributed by atoms with Crippen LogP contribution in [-0.4, -0.2) is 23.7 Å². The molecule has 6 heteroatoms. The largest absolute Gasteiger partial charge is 0.413 e. The second-order valence-electron chi connectivity index (χ2n) is 8.17. The number of allylic oxidation sites excluding steroid dienone is 7. The van der Waals surface area contributed by atoms with E-state index in [4.69, 9.17) is 0 Å². The molecule has 0 saturated carbocycles. The SMILES string of the molecule is CCCP(=O)(O)OC(=O)NC/C=C(\C)CC/C=C(\C)CC/C=C(\C)CCC=C(C)C. The second kappa shape index (κ2) is 16.2. The summed E-state index contributed by atoms with van der Waals surface area (Å²) in [6.07, 6.45) is 14.7. The van der Waals surface area contributed by atoms with Crippen LogP contribution in [0.5, 0.6) is 0 Å². The molecule has 0 bridgehead atoms. The fraction of sp³-hybridized carbons (Fsp3) is 0.625. The molecule has 172 valence electrons. The van der Waals surface area contributed by atoms with Crippen molar-refractivity contribution in [3.8, 4) is 0 Å². The Morgan fingerprint density at radius 3 is 1.80 bits per heavy atom. The van der Waals surface area contributed by atoms with Crippen LogP contribution in [0.2, 0.25) is 0 Å². The van der Waals surface area contributed by atoms with Gasteiger partial charge in [0.25, 0.3) is 0 Å².